The number of thiophene rings is 1. The van der Waals surface area contributed by atoms with Crippen LogP contribution in [0.3, 0.4) is 0 Å². The van der Waals surface area contributed by atoms with Crippen molar-refractivity contribution < 1.29 is 9.90 Å². The second kappa shape index (κ2) is 5.10. The third kappa shape index (κ3) is 2.62. The summed E-state index contributed by atoms with van der Waals surface area (Å²) >= 11 is 1.64. The molecule has 94 valence electrons. The molecule has 2 aromatic rings. The molecule has 2 rings (SSSR count). The van der Waals surface area contributed by atoms with Gasteiger partial charge in [-0.1, -0.05) is 6.07 Å². The molecule has 0 spiro atoms. The predicted molar refractivity (Wildman–Crippen MR) is 74.2 cm³/mol. The Morgan fingerprint density at radius 2 is 2.22 bits per heavy atom. The molecule has 3 N–H and O–H groups in total. The Labute approximate surface area is 109 Å². The molecule has 0 aliphatic heterocycles. The number of carbonyl (C=O) groups is 1. The first-order valence-electron chi connectivity index (χ1n) is 5.44. The van der Waals surface area contributed by atoms with E-state index in [2.05, 4.69) is 0 Å². The highest BCUT2D eigenvalue weighted by Crippen LogP contribution is 2.25. The van der Waals surface area contributed by atoms with Gasteiger partial charge in [-0.25, -0.2) is 4.79 Å². The monoisotopic (exact) mass is 262 g/mol. The molecule has 0 amide bonds. The Balaban J connectivity index is 2.31. The van der Waals surface area contributed by atoms with Crippen molar-refractivity contribution in [1.29, 1.82) is 0 Å². The van der Waals surface area contributed by atoms with Gasteiger partial charge < -0.3 is 15.7 Å². The fourth-order valence-corrected chi connectivity index (χ4v) is 2.52. The summed E-state index contributed by atoms with van der Waals surface area (Å²) in [4.78, 5) is 14.2. The van der Waals surface area contributed by atoms with Gasteiger partial charge >= 0.3 is 5.97 Å². The number of hydrogen-bond acceptors (Lipinski definition) is 4. The summed E-state index contributed by atoms with van der Waals surface area (Å²) < 4.78 is 0. The van der Waals surface area contributed by atoms with E-state index in [0.717, 1.165) is 0 Å². The lowest BCUT2D eigenvalue weighted by molar-refractivity contribution is 0.0697. The molecule has 0 unspecified atom stereocenters. The number of nitrogens with two attached hydrogens (primary N) is 1. The zero-order valence-corrected chi connectivity index (χ0v) is 10.8. The summed E-state index contributed by atoms with van der Waals surface area (Å²) in [7, 11) is 1.86. The lowest BCUT2D eigenvalue weighted by atomic mass is 10.1. The van der Waals surface area contributed by atoms with Crippen molar-refractivity contribution >= 4 is 28.7 Å². The molecule has 1 aromatic carbocycles. The summed E-state index contributed by atoms with van der Waals surface area (Å²) in [6, 6.07) is 8.83. The van der Waals surface area contributed by atoms with Crippen molar-refractivity contribution in [2.45, 2.75) is 6.54 Å². The molecule has 18 heavy (non-hydrogen) atoms. The van der Waals surface area contributed by atoms with E-state index in [1.54, 1.807) is 23.5 Å². The number of carboxylic acid groups (broad SMARTS) is 1. The van der Waals surface area contributed by atoms with Crippen LogP contribution in [0.1, 0.15) is 15.2 Å². The van der Waals surface area contributed by atoms with Crippen molar-refractivity contribution in [3.05, 3.63) is 46.2 Å². The summed E-state index contributed by atoms with van der Waals surface area (Å²) in [5, 5.41) is 11.2. The number of benzene rings is 1. The molecule has 1 heterocycles. The van der Waals surface area contributed by atoms with E-state index in [9.17, 15) is 4.79 Å². The van der Waals surface area contributed by atoms with Gasteiger partial charge in [-0.2, -0.15) is 0 Å². The third-order valence-electron chi connectivity index (χ3n) is 2.64. The Hall–Kier alpha value is -2.01. The predicted octanol–water partition coefficient (Wildman–Crippen LogP) is 2.66. The normalized spacial score (nSPS) is 10.3. The number of aromatic carboxylic acids is 1. The third-order valence-corrected chi connectivity index (χ3v) is 3.50. The van der Waals surface area contributed by atoms with Gasteiger partial charge in [0.15, 0.2) is 0 Å². The molecular weight excluding hydrogens is 248 g/mol. The maximum atomic E-state index is 11.2. The molecule has 0 aliphatic rings. The number of anilines is 2. The maximum Gasteiger partial charge on any atom is 0.337 e. The smallest absolute Gasteiger partial charge is 0.337 e. The van der Waals surface area contributed by atoms with Crippen LogP contribution in [-0.2, 0) is 6.54 Å². The van der Waals surface area contributed by atoms with E-state index in [1.165, 1.54) is 10.9 Å². The summed E-state index contributed by atoms with van der Waals surface area (Å²) in [6.07, 6.45) is 0. The number of rotatable bonds is 4. The van der Waals surface area contributed by atoms with Crippen molar-refractivity contribution in [3.8, 4) is 0 Å². The molecule has 0 radical (unpaired) electrons. The van der Waals surface area contributed by atoms with Crippen molar-refractivity contribution in [2.75, 3.05) is 17.7 Å². The van der Waals surface area contributed by atoms with E-state index in [1.807, 2.05) is 29.5 Å². The van der Waals surface area contributed by atoms with E-state index < -0.39 is 5.97 Å². The SMILES string of the molecule is CN(Cc1cccs1)c1cc(N)ccc1C(=O)O. The topological polar surface area (TPSA) is 66.6 Å². The first kappa shape index (κ1) is 12.4. The van der Waals surface area contributed by atoms with Crippen LogP contribution in [0.25, 0.3) is 0 Å². The van der Waals surface area contributed by atoms with Crippen LogP contribution in [0, 0.1) is 0 Å². The van der Waals surface area contributed by atoms with Gasteiger partial charge in [-0.3, -0.25) is 0 Å². The van der Waals surface area contributed by atoms with Crippen LogP contribution < -0.4 is 10.6 Å². The van der Waals surface area contributed by atoms with Crippen LogP contribution >= 0.6 is 11.3 Å². The number of nitrogens with zero attached hydrogens (tertiary/aromatic N) is 1. The Morgan fingerprint density at radius 1 is 1.44 bits per heavy atom. The minimum absolute atomic E-state index is 0.267. The largest absolute Gasteiger partial charge is 0.478 e. The molecule has 0 bridgehead atoms. The molecule has 4 nitrogen and oxygen atoms in total. The quantitative estimate of drug-likeness (QED) is 0.831. The molecular formula is C13H14N2O2S. The van der Waals surface area contributed by atoms with Crippen LogP contribution in [0.15, 0.2) is 35.7 Å². The highest BCUT2D eigenvalue weighted by atomic mass is 32.1. The minimum Gasteiger partial charge on any atom is -0.478 e. The highest BCUT2D eigenvalue weighted by molar-refractivity contribution is 7.09. The number of hydrogen-bond donors (Lipinski definition) is 2. The lowest BCUT2D eigenvalue weighted by Gasteiger charge is -2.21. The van der Waals surface area contributed by atoms with Crippen LogP contribution in [-0.4, -0.2) is 18.1 Å². The van der Waals surface area contributed by atoms with Gasteiger partial charge in [0.05, 0.1) is 17.8 Å². The molecule has 5 heteroatoms. The van der Waals surface area contributed by atoms with Gasteiger partial charge in [0.2, 0.25) is 0 Å². The fraction of sp³-hybridized carbons (Fsp3) is 0.154. The van der Waals surface area contributed by atoms with E-state index in [0.29, 0.717) is 17.9 Å². The second-order valence-electron chi connectivity index (χ2n) is 4.02. The van der Waals surface area contributed by atoms with Crippen molar-refractivity contribution in [3.63, 3.8) is 0 Å². The first-order chi connectivity index (χ1) is 8.58. The van der Waals surface area contributed by atoms with Gasteiger partial charge in [0.1, 0.15) is 0 Å². The lowest BCUT2D eigenvalue weighted by Crippen LogP contribution is -2.19. The van der Waals surface area contributed by atoms with Crippen molar-refractivity contribution in [2.24, 2.45) is 0 Å². The van der Waals surface area contributed by atoms with Gasteiger partial charge in [-0.15, -0.1) is 11.3 Å². The van der Waals surface area contributed by atoms with Crippen LogP contribution in [0.2, 0.25) is 0 Å². The summed E-state index contributed by atoms with van der Waals surface area (Å²) in [6.45, 7) is 0.668. The van der Waals surface area contributed by atoms with Crippen LogP contribution in [0.5, 0.6) is 0 Å². The van der Waals surface area contributed by atoms with Crippen LogP contribution in [0.4, 0.5) is 11.4 Å². The fourth-order valence-electron chi connectivity index (χ4n) is 1.77. The zero-order chi connectivity index (χ0) is 13.1. The molecule has 0 saturated heterocycles. The maximum absolute atomic E-state index is 11.2. The Bertz CT molecular complexity index is 552. The first-order valence-corrected chi connectivity index (χ1v) is 6.32. The number of nitrogen functional groups attached to an aromatic ring is 1. The Kier molecular flexibility index (Phi) is 3.53. The van der Waals surface area contributed by atoms with Gasteiger partial charge in [-0.05, 0) is 29.6 Å². The van der Waals surface area contributed by atoms with E-state index in [-0.39, 0.29) is 5.56 Å². The zero-order valence-electron chi connectivity index (χ0n) is 9.96. The molecule has 1 aromatic heterocycles. The van der Waals surface area contributed by atoms with E-state index in [4.69, 9.17) is 10.8 Å². The summed E-state index contributed by atoms with van der Waals surface area (Å²) in [5.74, 6) is -0.942. The Morgan fingerprint density at radius 3 is 2.83 bits per heavy atom. The van der Waals surface area contributed by atoms with Gasteiger partial charge in [0, 0.05) is 17.6 Å². The standard InChI is InChI=1S/C13H14N2O2S/c1-15(8-10-3-2-6-18-10)12-7-9(14)4-5-11(12)13(16)17/h2-7H,8,14H2,1H3,(H,16,17). The molecule has 0 atom stereocenters. The second-order valence-corrected chi connectivity index (χ2v) is 5.05. The van der Waals surface area contributed by atoms with Gasteiger partial charge in [0.25, 0.3) is 0 Å². The number of carboxylic acids is 1. The molecule has 0 fully saturated rings. The van der Waals surface area contributed by atoms with Crippen molar-refractivity contribution in [1.82, 2.24) is 0 Å². The highest BCUT2D eigenvalue weighted by Gasteiger charge is 2.14. The molecule has 0 aliphatic carbocycles. The van der Waals surface area contributed by atoms with E-state index >= 15 is 0 Å². The minimum atomic E-state index is -0.942. The molecule has 0 saturated carbocycles. The average Bonchev–Trinajstić information content (AvgIpc) is 2.81. The summed E-state index contributed by atoms with van der Waals surface area (Å²) in [5.41, 5.74) is 7.19. The average molecular weight is 262 g/mol.